The Labute approximate surface area is 139 Å². The van der Waals surface area contributed by atoms with Crippen LogP contribution in [0.4, 0.5) is 0 Å². The van der Waals surface area contributed by atoms with Crippen molar-refractivity contribution in [2.75, 3.05) is 13.1 Å². The van der Waals surface area contributed by atoms with Gasteiger partial charge >= 0.3 is 0 Å². The summed E-state index contributed by atoms with van der Waals surface area (Å²) in [6.45, 7) is 6.61. The Morgan fingerprint density at radius 3 is 0.542 bits per heavy atom. The second-order valence-electron chi connectivity index (χ2n) is 3.17. The number of carboxylic acids is 5. The third-order valence-electron chi connectivity index (χ3n) is 0.167. The Bertz CT molecular complexity index is 240. The van der Waals surface area contributed by atoms with Crippen LogP contribution in [0.15, 0.2) is 0 Å². The smallest absolute Gasteiger partial charge is 0.300 e. The molecule has 0 aliphatic carbocycles. The molecule has 0 rings (SSSR count). The lowest BCUT2D eigenvalue weighted by atomic mass is 10.7. The Morgan fingerprint density at radius 2 is 0.542 bits per heavy atom. The average Bonchev–Trinajstić information content (AvgIpc) is 2.24. The molecule has 0 aromatic carbocycles. The molecule has 12 nitrogen and oxygen atoms in total. The molecule has 0 atom stereocenters. The summed E-state index contributed by atoms with van der Waals surface area (Å²) >= 11 is 0. The maximum Gasteiger partial charge on any atom is 0.300 e. The van der Waals surface area contributed by atoms with E-state index >= 15 is 0 Å². The van der Waals surface area contributed by atoms with E-state index in [4.69, 9.17) is 61.0 Å². The molecule has 0 heterocycles. The van der Waals surface area contributed by atoms with Crippen molar-refractivity contribution in [1.82, 2.24) is 0 Å². The van der Waals surface area contributed by atoms with Crippen LogP contribution in [0.1, 0.15) is 34.6 Å². The maximum absolute atomic E-state index is 9.00. The van der Waals surface area contributed by atoms with Gasteiger partial charge in [0.25, 0.3) is 29.8 Å². The molecule has 0 aromatic heterocycles. The fraction of sp³-hybridized carbons (Fsp3) is 0.583. The number of hydrogen-bond acceptors (Lipinski definition) is 7. The van der Waals surface area contributed by atoms with E-state index in [1.54, 1.807) is 0 Å². The normalized spacial score (nSPS) is 6.46. The lowest BCUT2D eigenvalue weighted by Crippen LogP contribution is -2.11. The summed E-state index contributed by atoms with van der Waals surface area (Å²) < 4.78 is 0. The zero-order valence-corrected chi connectivity index (χ0v) is 14.3. The van der Waals surface area contributed by atoms with E-state index < -0.39 is 29.8 Å². The lowest BCUT2D eigenvalue weighted by molar-refractivity contribution is -0.135. The molecule has 0 aromatic rings. The number of carboxylic acid groups (broad SMARTS) is 5. The molecule has 12 heteroatoms. The van der Waals surface area contributed by atoms with Crippen LogP contribution in [-0.4, -0.2) is 68.5 Å². The van der Waals surface area contributed by atoms with Crippen molar-refractivity contribution >= 4 is 29.8 Å². The third-order valence-corrected chi connectivity index (χ3v) is 0.167. The fourth-order valence-corrected chi connectivity index (χ4v) is 0. The van der Waals surface area contributed by atoms with E-state index in [-0.39, 0.29) is 0 Å². The summed E-state index contributed by atoms with van der Waals surface area (Å²) in [5.74, 6) is -4.17. The van der Waals surface area contributed by atoms with E-state index in [1.165, 1.54) is 0 Å². The SMILES string of the molecule is CC(=O)O.CC(=O)O.CC(=O)O.CC(=O)O.CC(=O)O.NCCN. The highest BCUT2D eigenvalue weighted by Gasteiger charge is 1.67. The van der Waals surface area contributed by atoms with Gasteiger partial charge in [-0.25, -0.2) is 0 Å². The summed E-state index contributed by atoms with van der Waals surface area (Å²) in [6.07, 6.45) is 0. The number of carbonyl (C=O) groups is 5. The van der Waals surface area contributed by atoms with Crippen LogP contribution < -0.4 is 11.5 Å². The Morgan fingerprint density at radius 1 is 0.500 bits per heavy atom. The van der Waals surface area contributed by atoms with Crippen LogP contribution in [0.25, 0.3) is 0 Å². The third kappa shape index (κ3) is 2150. The minimum atomic E-state index is -0.833. The highest BCUT2D eigenvalue weighted by Crippen LogP contribution is 1.43. The predicted octanol–water partition coefficient (Wildman–Crippen LogP) is -0.642. The molecular formula is C12H28N2O10. The average molecular weight is 360 g/mol. The van der Waals surface area contributed by atoms with Gasteiger partial charge in [-0.3, -0.25) is 24.0 Å². The first-order valence-electron chi connectivity index (χ1n) is 5.96. The molecule has 0 saturated heterocycles. The van der Waals surface area contributed by atoms with Gasteiger partial charge in [0, 0.05) is 47.7 Å². The molecule has 0 unspecified atom stereocenters. The molecule has 0 saturated carbocycles. The quantitative estimate of drug-likeness (QED) is 0.309. The summed E-state index contributed by atoms with van der Waals surface area (Å²) in [6, 6.07) is 0. The van der Waals surface area contributed by atoms with Crippen LogP contribution in [0.2, 0.25) is 0 Å². The van der Waals surface area contributed by atoms with Gasteiger partial charge in [0.15, 0.2) is 0 Å². The molecule has 0 aliphatic rings. The number of hydrogen-bond donors (Lipinski definition) is 7. The van der Waals surface area contributed by atoms with Crippen LogP contribution in [-0.2, 0) is 24.0 Å². The molecule has 0 radical (unpaired) electrons. The molecule has 9 N–H and O–H groups in total. The second kappa shape index (κ2) is 37.0. The number of aliphatic carboxylic acids is 5. The zero-order chi connectivity index (χ0) is 21.3. The van der Waals surface area contributed by atoms with Crippen molar-refractivity contribution in [3.63, 3.8) is 0 Å². The van der Waals surface area contributed by atoms with Gasteiger partial charge in [-0.2, -0.15) is 0 Å². The van der Waals surface area contributed by atoms with Crippen LogP contribution in [0.3, 0.4) is 0 Å². The van der Waals surface area contributed by atoms with Gasteiger partial charge in [-0.1, -0.05) is 0 Å². The Hall–Kier alpha value is -2.73. The summed E-state index contributed by atoms with van der Waals surface area (Å²) in [7, 11) is 0. The topological polar surface area (TPSA) is 239 Å². The van der Waals surface area contributed by atoms with Crippen molar-refractivity contribution in [3.8, 4) is 0 Å². The molecule has 0 spiro atoms. The number of rotatable bonds is 1. The highest BCUT2D eigenvalue weighted by molar-refractivity contribution is 5.63. The molecule has 0 fully saturated rings. The summed E-state index contributed by atoms with van der Waals surface area (Å²) in [5.41, 5.74) is 9.81. The van der Waals surface area contributed by atoms with E-state index in [9.17, 15) is 0 Å². The fourth-order valence-electron chi connectivity index (χ4n) is 0. The summed E-state index contributed by atoms with van der Waals surface area (Å²) in [5, 5.41) is 37.1. The van der Waals surface area contributed by atoms with Gasteiger partial charge in [0.05, 0.1) is 0 Å². The molecule has 0 bridgehead atoms. The van der Waals surface area contributed by atoms with Gasteiger partial charge < -0.3 is 37.0 Å². The predicted molar refractivity (Wildman–Crippen MR) is 84.7 cm³/mol. The second-order valence-corrected chi connectivity index (χ2v) is 3.17. The van der Waals surface area contributed by atoms with Gasteiger partial charge in [-0.05, 0) is 0 Å². The molecule has 146 valence electrons. The van der Waals surface area contributed by atoms with E-state index in [2.05, 4.69) is 0 Å². The molecule has 24 heavy (non-hydrogen) atoms. The molecule has 0 amide bonds. The van der Waals surface area contributed by atoms with Gasteiger partial charge in [0.2, 0.25) is 0 Å². The van der Waals surface area contributed by atoms with Gasteiger partial charge in [0.1, 0.15) is 0 Å². The van der Waals surface area contributed by atoms with E-state index in [1.807, 2.05) is 0 Å². The van der Waals surface area contributed by atoms with Gasteiger partial charge in [-0.15, -0.1) is 0 Å². The van der Waals surface area contributed by atoms with Crippen molar-refractivity contribution in [1.29, 1.82) is 0 Å². The first-order chi connectivity index (χ1) is 10.6. The minimum absolute atomic E-state index is 0.597. The molecular weight excluding hydrogens is 332 g/mol. The van der Waals surface area contributed by atoms with E-state index in [0.717, 1.165) is 34.6 Å². The van der Waals surface area contributed by atoms with Crippen molar-refractivity contribution in [2.45, 2.75) is 34.6 Å². The van der Waals surface area contributed by atoms with Crippen LogP contribution >= 0.6 is 0 Å². The Kier molecular flexibility index (Phi) is 57.7. The van der Waals surface area contributed by atoms with Crippen molar-refractivity contribution in [3.05, 3.63) is 0 Å². The maximum atomic E-state index is 9.00. The monoisotopic (exact) mass is 360 g/mol. The van der Waals surface area contributed by atoms with Crippen molar-refractivity contribution < 1.29 is 49.5 Å². The Balaban J connectivity index is -0.0000000405. The summed E-state index contributed by atoms with van der Waals surface area (Å²) in [4.78, 5) is 45.0. The molecule has 0 aliphatic heterocycles. The minimum Gasteiger partial charge on any atom is -0.481 e. The van der Waals surface area contributed by atoms with Crippen LogP contribution in [0.5, 0.6) is 0 Å². The number of nitrogens with two attached hydrogens (primary N) is 2. The largest absolute Gasteiger partial charge is 0.481 e. The standard InChI is InChI=1S/C2H8N2.5C2H4O2/c3-1-2-4;5*1-2(3)4/h1-4H2;5*1H3,(H,3,4). The first-order valence-corrected chi connectivity index (χ1v) is 5.96. The van der Waals surface area contributed by atoms with Crippen molar-refractivity contribution in [2.24, 2.45) is 11.5 Å². The lowest BCUT2D eigenvalue weighted by Gasteiger charge is -1.72. The van der Waals surface area contributed by atoms with E-state index in [0.29, 0.717) is 13.1 Å². The first kappa shape index (κ1) is 37.5. The zero-order valence-electron chi connectivity index (χ0n) is 14.3. The van der Waals surface area contributed by atoms with Crippen LogP contribution in [0, 0.1) is 0 Å². The highest BCUT2D eigenvalue weighted by atomic mass is 16.4.